The number of nitrogens with zero attached hydrogens (tertiary/aromatic N) is 1. The van der Waals surface area contributed by atoms with Gasteiger partial charge in [0, 0.05) is 6.07 Å². The molecule has 1 aliphatic rings. The fourth-order valence-corrected chi connectivity index (χ4v) is 2.30. The van der Waals surface area contributed by atoms with Crippen LogP contribution in [0.3, 0.4) is 0 Å². The van der Waals surface area contributed by atoms with Crippen molar-refractivity contribution in [2.45, 2.75) is 45.3 Å². The fourth-order valence-electron chi connectivity index (χ4n) is 2.09. The summed E-state index contributed by atoms with van der Waals surface area (Å²) in [6, 6.07) is 6.96. The van der Waals surface area contributed by atoms with E-state index in [-0.39, 0.29) is 18.0 Å². The van der Waals surface area contributed by atoms with Gasteiger partial charge in [0.15, 0.2) is 0 Å². The minimum absolute atomic E-state index is 0.00785. The Balaban J connectivity index is 1.85. The first kappa shape index (κ1) is 15.7. The van der Waals surface area contributed by atoms with Crippen molar-refractivity contribution in [1.82, 2.24) is 0 Å². The van der Waals surface area contributed by atoms with Crippen LogP contribution in [0.2, 0.25) is 5.02 Å². The molecule has 21 heavy (non-hydrogen) atoms. The SMILES string of the molecule is CC(C)(C)OC(=O)[C@H]1C[C@H](Oc2ccc(C#N)c(Cl)c2)C1. The minimum atomic E-state index is -0.455. The number of nitriles is 1. The van der Waals surface area contributed by atoms with Crippen molar-refractivity contribution in [3.8, 4) is 11.8 Å². The molecule has 0 atom stereocenters. The Hall–Kier alpha value is -1.73. The highest BCUT2D eigenvalue weighted by atomic mass is 35.5. The molecule has 0 amide bonds. The molecule has 0 N–H and O–H groups in total. The standard InChI is InChI=1S/C16H18ClNO3/c1-16(2,3)21-15(19)11-6-13(7-11)20-12-5-4-10(9-18)14(17)8-12/h4-5,8,11,13H,6-7H2,1-3H3/t11-,13-. The molecule has 1 aromatic rings. The lowest BCUT2D eigenvalue weighted by atomic mass is 9.82. The van der Waals surface area contributed by atoms with Crippen molar-refractivity contribution in [3.63, 3.8) is 0 Å². The van der Waals surface area contributed by atoms with E-state index in [1.807, 2.05) is 26.8 Å². The van der Waals surface area contributed by atoms with Crippen LogP contribution in [0, 0.1) is 17.2 Å². The third kappa shape index (κ3) is 4.12. The van der Waals surface area contributed by atoms with Crippen LogP contribution in [0.15, 0.2) is 18.2 Å². The third-order valence-corrected chi connectivity index (χ3v) is 3.51. The highest BCUT2D eigenvalue weighted by Crippen LogP contribution is 2.34. The molecule has 0 radical (unpaired) electrons. The van der Waals surface area contributed by atoms with E-state index in [2.05, 4.69) is 0 Å². The molecule has 1 saturated carbocycles. The van der Waals surface area contributed by atoms with Crippen molar-refractivity contribution < 1.29 is 14.3 Å². The first-order valence-electron chi connectivity index (χ1n) is 6.87. The Morgan fingerprint density at radius 1 is 1.38 bits per heavy atom. The number of hydrogen-bond acceptors (Lipinski definition) is 4. The lowest BCUT2D eigenvalue weighted by molar-refractivity contribution is -0.166. The summed E-state index contributed by atoms with van der Waals surface area (Å²) < 4.78 is 11.1. The van der Waals surface area contributed by atoms with Gasteiger partial charge in [-0.05, 0) is 45.7 Å². The molecule has 0 aliphatic heterocycles. The lowest BCUT2D eigenvalue weighted by Gasteiger charge is -2.35. The second kappa shape index (κ2) is 5.95. The fraction of sp³-hybridized carbons (Fsp3) is 0.500. The van der Waals surface area contributed by atoms with Crippen molar-refractivity contribution >= 4 is 17.6 Å². The van der Waals surface area contributed by atoms with Gasteiger partial charge in [-0.2, -0.15) is 5.26 Å². The van der Waals surface area contributed by atoms with E-state index in [9.17, 15) is 4.79 Å². The summed E-state index contributed by atoms with van der Waals surface area (Å²) in [5, 5.41) is 9.18. The molecular formula is C16H18ClNO3. The average Bonchev–Trinajstić information content (AvgIpc) is 2.31. The average molecular weight is 308 g/mol. The first-order chi connectivity index (χ1) is 9.78. The van der Waals surface area contributed by atoms with E-state index in [4.69, 9.17) is 26.3 Å². The van der Waals surface area contributed by atoms with Crippen LogP contribution in [0.25, 0.3) is 0 Å². The van der Waals surface area contributed by atoms with Crippen LogP contribution in [-0.4, -0.2) is 17.7 Å². The van der Waals surface area contributed by atoms with Gasteiger partial charge in [-0.25, -0.2) is 0 Å². The number of hydrogen-bond donors (Lipinski definition) is 0. The molecule has 0 aromatic heterocycles. The van der Waals surface area contributed by atoms with Crippen LogP contribution in [0.4, 0.5) is 0 Å². The molecule has 0 bridgehead atoms. The number of halogens is 1. The maximum atomic E-state index is 11.8. The zero-order chi connectivity index (χ0) is 15.6. The Morgan fingerprint density at radius 2 is 2.05 bits per heavy atom. The van der Waals surface area contributed by atoms with Crippen molar-refractivity contribution in [2.24, 2.45) is 5.92 Å². The van der Waals surface area contributed by atoms with Crippen molar-refractivity contribution in [3.05, 3.63) is 28.8 Å². The van der Waals surface area contributed by atoms with E-state index in [1.54, 1.807) is 18.2 Å². The molecule has 1 fully saturated rings. The van der Waals surface area contributed by atoms with Gasteiger partial charge in [-0.3, -0.25) is 4.79 Å². The lowest BCUT2D eigenvalue weighted by Crippen LogP contribution is -2.41. The first-order valence-corrected chi connectivity index (χ1v) is 7.25. The summed E-state index contributed by atoms with van der Waals surface area (Å²) in [4.78, 5) is 11.8. The van der Waals surface area contributed by atoms with Gasteiger partial charge < -0.3 is 9.47 Å². The second-order valence-electron chi connectivity index (χ2n) is 6.20. The summed E-state index contributed by atoms with van der Waals surface area (Å²) >= 11 is 5.95. The highest BCUT2D eigenvalue weighted by Gasteiger charge is 2.38. The van der Waals surface area contributed by atoms with E-state index in [1.165, 1.54) is 0 Å². The number of esters is 1. The molecular weight excluding hydrogens is 290 g/mol. The van der Waals surface area contributed by atoms with Crippen molar-refractivity contribution in [2.75, 3.05) is 0 Å². The summed E-state index contributed by atoms with van der Waals surface area (Å²) in [5.41, 5.74) is -0.0341. The van der Waals surface area contributed by atoms with Crippen LogP contribution in [0.1, 0.15) is 39.2 Å². The number of rotatable bonds is 3. The maximum absolute atomic E-state index is 11.8. The maximum Gasteiger partial charge on any atom is 0.309 e. The Morgan fingerprint density at radius 3 is 2.57 bits per heavy atom. The number of carbonyl (C=O) groups excluding carboxylic acids is 1. The largest absolute Gasteiger partial charge is 0.490 e. The van der Waals surface area contributed by atoms with Gasteiger partial charge in [-0.1, -0.05) is 11.6 Å². The van der Waals surface area contributed by atoms with Gasteiger partial charge in [0.2, 0.25) is 0 Å². The number of ether oxygens (including phenoxy) is 2. The zero-order valence-corrected chi connectivity index (χ0v) is 13.1. The minimum Gasteiger partial charge on any atom is -0.490 e. The summed E-state index contributed by atoms with van der Waals surface area (Å²) in [7, 11) is 0. The zero-order valence-electron chi connectivity index (χ0n) is 12.4. The van der Waals surface area contributed by atoms with Crippen LogP contribution in [0.5, 0.6) is 5.75 Å². The summed E-state index contributed by atoms with van der Waals surface area (Å²) in [5.74, 6) is 0.356. The summed E-state index contributed by atoms with van der Waals surface area (Å²) in [6.07, 6.45) is 1.28. The molecule has 0 saturated heterocycles. The van der Waals surface area contributed by atoms with E-state index in [0.29, 0.717) is 29.2 Å². The van der Waals surface area contributed by atoms with Gasteiger partial charge in [-0.15, -0.1) is 0 Å². The molecule has 4 nitrogen and oxygen atoms in total. The normalized spacial score (nSPS) is 21.1. The van der Waals surface area contributed by atoms with E-state index >= 15 is 0 Å². The smallest absolute Gasteiger partial charge is 0.309 e. The topological polar surface area (TPSA) is 59.3 Å². The second-order valence-corrected chi connectivity index (χ2v) is 6.60. The van der Waals surface area contributed by atoms with E-state index < -0.39 is 5.60 Å². The quantitative estimate of drug-likeness (QED) is 0.799. The highest BCUT2D eigenvalue weighted by molar-refractivity contribution is 6.31. The van der Waals surface area contributed by atoms with Gasteiger partial charge in [0.25, 0.3) is 0 Å². The van der Waals surface area contributed by atoms with E-state index in [0.717, 1.165) is 0 Å². The Labute approximate surface area is 129 Å². The van der Waals surface area contributed by atoms with Crippen LogP contribution < -0.4 is 4.74 Å². The van der Waals surface area contributed by atoms with Gasteiger partial charge >= 0.3 is 5.97 Å². The molecule has 0 spiro atoms. The predicted molar refractivity (Wildman–Crippen MR) is 79.2 cm³/mol. The summed E-state index contributed by atoms with van der Waals surface area (Å²) in [6.45, 7) is 5.57. The molecule has 2 rings (SSSR count). The number of benzene rings is 1. The van der Waals surface area contributed by atoms with Gasteiger partial charge in [0.1, 0.15) is 23.5 Å². The van der Waals surface area contributed by atoms with Gasteiger partial charge in [0.05, 0.1) is 16.5 Å². The molecule has 0 unspecified atom stereocenters. The molecule has 112 valence electrons. The third-order valence-electron chi connectivity index (χ3n) is 3.20. The Bertz CT molecular complexity index is 580. The molecule has 1 aliphatic carbocycles. The van der Waals surface area contributed by atoms with Crippen LogP contribution >= 0.6 is 11.6 Å². The molecule has 0 heterocycles. The molecule has 5 heteroatoms. The van der Waals surface area contributed by atoms with Crippen LogP contribution in [-0.2, 0) is 9.53 Å². The molecule has 1 aromatic carbocycles. The Kier molecular flexibility index (Phi) is 4.43. The monoisotopic (exact) mass is 307 g/mol. The predicted octanol–water partition coefficient (Wildman–Crippen LogP) is 3.71. The number of carbonyl (C=O) groups is 1. The van der Waals surface area contributed by atoms with Crippen molar-refractivity contribution in [1.29, 1.82) is 5.26 Å².